The van der Waals surface area contributed by atoms with Gasteiger partial charge in [-0.2, -0.15) is 0 Å². The van der Waals surface area contributed by atoms with E-state index < -0.39 is 12.1 Å². The number of nitrogens with one attached hydrogen (secondary N) is 1. The predicted octanol–water partition coefficient (Wildman–Crippen LogP) is -0.339. The number of nitrogens with zero attached hydrogens (tertiary/aromatic N) is 1. The Morgan fingerprint density at radius 1 is 1.20 bits per heavy atom. The molecule has 2 aliphatic heterocycles. The lowest BCUT2D eigenvalue weighted by molar-refractivity contribution is -0.394. The molecule has 1 fully saturated rings. The maximum atomic E-state index is 12.6. The number of ether oxygens (including phenoxy) is 1. The second kappa shape index (κ2) is 6.15. The molecule has 7 heteroatoms. The van der Waals surface area contributed by atoms with Crippen LogP contribution in [0.15, 0.2) is 18.2 Å². The number of fused-ring (bicyclic) bond motifs is 1. The Labute approximate surface area is 144 Å². The molecule has 2 heterocycles. The van der Waals surface area contributed by atoms with E-state index in [1.54, 1.807) is 17.0 Å². The average Bonchev–Trinajstić information content (AvgIpc) is 3.12. The summed E-state index contributed by atoms with van der Waals surface area (Å²) in [6.45, 7) is 0.364. The minimum atomic E-state index is -0.501. The Hall–Kier alpha value is -2.41. The van der Waals surface area contributed by atoms with E-state index in [4.69, 9.17) is 4.74 Å². The Balaban J connectivity index is 1.53. The van der Waals surface area contributed by atoms with Crippen LogP contribution in [0.25, 0.3) is 0 Å². The molecule has 1 saturated carbocycles. The highest BCUT2D eigenvalue weighted by molar-refractivity contribution is 6.01. The van der Waals surface area contributed by atoms with E-state index in [9.17, 15) is 19.8 Å². The summed E-state index contributed by atoms with van der Waals surface area (Å²) in [5.74, 6) is 0.0892. The first-order valence-electron chi connectivity index (χ1n) is 8.67. The number of aliphatic hydroxyl groups is 2. The molecule has 0 aromatic heterocycles. The van der Waals surface area contributed by atoms with Crippen molar-refractivity contribution in [2.45, 2.75) is 56.9 Å². The van der Waals surface area contributed by atoms with Gasteiger partial charge in [0.15, 0.2) is 6.04 Å². The van der Waals surface area contributed by atoms with Crippen LogP contribution in [-0.2, 0) is 11.3 Å². The molecule has 3 aliphatic rings. The molecule has 0 spiro atoms. The highest BCUT2D eigenvalue weighted by atomic mass is 16.5. The van der Waals surface area contributed by atoms with Crippen molar-refractivity contribution < 1.29 is 29.5 Å². The van der Waals surface area contributed by atoms with E-state index >= 15 is 0 Å². The lowest BCUT2D eigenvalue weighted by atomic mass is 10.1. The first kappa shape index (κ1) is 16.1. The zero-order valence-electron chi connectivity index (χ0n) is 13.8. The molecule has 3 atom stereocenters. The summed E-state index contributed by atoms with van der Waals surface area (Å²) in [5, 5.41) is 19.9. The fraction of sp³-hybridized carbons (Fsp3) is 0.500. The molecule has 7 nitrogen and oxygen atoms in total. The van der Waals surface area contributed by atoms with Crippen LogP contribution in [0.2, 0.25) is 0 Å². The fourth-order valence-corrected chi connectivity index (χ4v) is 3.86. The van der Waals surface area contributed by atoms with Gasteiger partial charge in [-0.15, -0.1) is 4.99 Å². The molecule has 0 bridgehead atoms. The van der Waals surface area contributed by atoms with Gasteiger partial charge in [0.1, 0.15) is 11.9 Å². The van der Waals surface area contributed by atoms with Gasteiger partial charge in [-0.1, -0.05) is 0 Å². The molecular formula is C18H21N2O5+. The summed E-state index contributed by atoms with van der Waals surface area (Å²) >= 11 is 0. The third kappa shape index (κ3) is 2.89. The molecule has 2 amide bonds. The van der Waals surface area contributed by atoms with Crippen molar-refractivity contribution in [3.05, 3.63) is 29.3 Å². The topological polar surface area (TPSA) is 101 Å². The van der Waals surface area contributed by atoms with Gasteiger partial charge in [-0.3, -0.25) is 4.79 Å². The first-order chi connectivity index (χ1) is 12.0. The Bertz CT molecular complexity index is 760. The molecule has 132 valence electrons. The number of aliphatic hydroxyl groups excluding tert-OH is 2. The van der Waals surface area contributed by atoms with Crippen LogP contribution in [0, 0.1) is 0 Å². The van der Waals surface area contributed by atoms with E-state index in [1.807, 2.05) is 6.07 Å². The summed E-state index contributed by atoms with van der Waals surface area (Å²) in [4.78, 5) is 28.0. The van der Waals surface area contributed by atoms with Crippen molar-refractivity contribution in [1.82, 2.24) is 4.90 Å². The number of benzene rings is 1. The fourth-order valence-electron chi connectivity index (χ4n) is 3.86. The number of hydrogen-bond donors (Lipinski definition) is 3. The SMILES string of the molecule is O=C1CCC(N2Cc3cc(OC4CCCC4O)ccc3C2=O)C(O)=[NH+]1. The molecule has 1 aromatic carbocycles. The van der Waals surface area contributed by atoms with Crippen LogP contribution in [-0.4, -0.2) is 51.1 Å². The summed E-state index contributed by atoms with van der Waals surface area (Å²) in [7, 11) is 0. The van der Waals surface area contributed by atoms with Gasteiger partial charge in [-0.25, -0.2) is 4.79 Å². The van der Waals surface area contributed by atoms with Crippen LogP contribution in [0.3, 0.4) is 0 Å². The van der Waals surface area contributed by atoms with E-state index in [-0.39, 0.29) is 30.2 Å². The van der Waals surface area contributed by atoms with Crippen LogP contribution < -0.4 is 9.73 Å². The largest absolute Gasteiger partial charge is 0.488 e. The Morgan fingerprint density at radius 2 is 2.04 bits per heavy atom. The van der Waals surface area contributed by atoms with Crippen molar-refractivity contribution in [2.75, 3.05) is 0 Å². The molecule has 0 saturated heterocycles. The lowest BCUT2D eigenvalue weighted by Crippen LogP contribution is -2.82. The van der Waals surface area contributed by atoms with E-state index in [0.717, 1.165) is 24.8 Å². The molecule has 1 aliphatic carbocycles. The van der Waals surface area contributed by atoms with E-state index in [2.05, 4.69) is 4.99 Å². The third-order valence-corrected chi connectivity index (χ3v) is 5.22. The van der Waals surface area contributed by atoms with Gasteiger partial charge in [-0.05, 0) is 49.4 Å². The third-order valence-electron chi connectivity index (χ3n) is 5.22. The molecule has 0 radical (unpaired) electrons. The van der Waals surface area contributed by atoms with Crippen LogP contribution in [0.4, 0.5) is 0 Å². The van der Waals surface area contributed by atoms with Gasteiger partial charge in [0, 0.05) is 12.1 Å². The van der Waals surface area contributed by atoms with Gasteiger partial charge in [0.05, 0.1) is 12.5 Å². The number of carbonyl (C=O) groups is 2. The van der Waals surface area contributed by atoms with E-state index in [0.29, 0.717) is 24.3 Å². The summed E-state index contributed by atoms with van der Waals surface area (Å²) < 4.78 is 5.87. The van der Waals surface area contributed by atoms with Gasteiger partial charge in [0.2, 0.25) is 0 Å². The molecular weight excluding hydrogens is 324 g/mol. The maximum Gasteiger partial charge on any atom is 0.388 e. The molecule has 25 heavy (non-hydrogen) atoms. The summed E-state index contributed by atoms with van der Waals surface area (Å²) in [5.41, 5.74) is 1.42. The molecule has 4 rings (SSSR count). The number of hydrogen-bond acceptors (Lipinski definition) is 4. The van der Waals surface area contributed by atoms with Crippen molar-refractivity contribution in [2.24, 2.45) is 0 Å². The second-order valence-corrected chi connectivity index (χ2v) is 6.89. The molecule has 3 unspecified atom stereocenters. The zero-order chi connectivity index (χ0) is 17.6. The maximum absolute atomic E-state index is 12.6. The average molecular weight is 345 g/mol. The van der Waals surface area contributed by atoms with Crippen molar-refractivity contribution >= 4 is 17.7 Å². The molecule has 1 aromatic rings. The Kier molecular flexibility index (Phi) is 3.95. The predicted molar refractivity (Wildman–Crippen MR) is 87.2 cm³/mol. The number of amides is 2. The van der Waals surface area contributed by atoms with Crippen molar-refractivity contribution in [1.29, 1.82) is 0 Å². The summed E-state index contributed by atoms with van der Waals surface area (Å²) in [6.07, 6.45) is 2.59. The standard InChI is InChI=1S/C18H20N2O5/c21-14-2-1-3-15(14)25-11-4-5-12-10(8-11)9-20(18(12)24)13-6-7-16(22)19-17(13)23/h4-5,8,13-15,21H,1-3,6-7,9H2,(H,19,22,23)/p+1. The number of rotatable bonds is 3. The second-order valence-electron chi connectivity index (χ2n) is 6.89. The van der Waals surface area contributed by atoms with Crippen molar-refractivity contribution in [3.8, 4) is 5.75 Å². The minimum Gasteiger partial charge on any atom is -0.488 e. The van der Waals surface area contributed by atoms with Crippen molar-refractivity contribution in [3.63, 3.8) is 0 Å². The molecule has 3 N–H and O–H groups in total. The van der Waals surface area contributed by atoms with Gasteiger partial charge >= 0.3 is 11.8 Å². The highest BCUT2D eigenvalue weighted by Gasteiger charge is 2.41. The monoisotopic (exact) mass is 345 g/mol. The summed E-state index contributed by atoms with van der Waals surface area (Å²) in [6, 6.07) is 4.81. The minimum absolute atomic E-state index is 0.157. The number of carbonyl (C=O) groups excluding carboxylic acids is 2. The highest BCUT2D eigenvalue weighted by Crippen LogP contribution is 2.31. The van der Waals surface area contributed by atoms with Crippen LogP contribution in [0.5, 0.6) is 5.75 Å². The normalized spacial score (nSPS) is 28.9. The van der Waals surface area contributed by atoms with Gasteiger partial charge < -0.3 is 19.8 Å². The lowest BCUT2D eigenvalue weighted by Gasteiger charge is -2.24. The van der Waals surface area contributed by atoms with E-state index in [1.165, 1.54) is 0 Å². The smallest absolute Gasteiger partial charge is 0.388 e. The zero-order valence-corrected chi connectivity index (χ0v) is 13.8. The quantitative estimate of drug-likeness (QED) is 0.696. The Morgan fingerprint density at radius 3 is 2.76 bits per heavy atom. The first-order valence-corrected chi connectivity index (χ1v) is 8.67. The van der Waals surface area contributed by atoms with Gasteiger partial charge in [0.25, 0.3) is 5.91 Å². The van der Waals surface area contributed by atoms with Crippen LogP contribution >= 0.6 is 0 Å². The van der Waals surface area contributed by atoms with Crippen LogP contribution in [0.1, 0.15) is 48.0 Å².